The molecule has 2 amide bonds. The lowest BCUT2D eigenvalue weighted by Gasteiger charge is -2.26. The van der Waals surface area contributed by atoms with E-state index in [0.29, 0.717) is 25.2 Å². The van der Waals surface area contributed by atoms with Crippen LogP contribution in [0.15, 0.2) is 23.1 Å². The molecular formula is C19H29N3O4S. The number of carbonyl (C=O) groups excluding carboxylic acids is 2. The van der Waals surface area contributed by atoms with Crippen molar-refractivity contribution in [3.63, 3.8) is 0 Å². The van der Waals surface area contributed by atoms with Gasteiger partial charge in [-0.1, -0.05) is 19.4 Å². The van der Waals surface area contributed by atoms with Gasteiger partial charge >= 0.3 is 0 Å². The third-order valence-corrected chi connectivity index (χ3v) is 6.59. The molecule has 0 bridgehead atoms. The van der Waals surface area contributed by atoms with E-state index in [-0.39, 0.29) is 16.4 Å². The average Bonchev–Trinajstić information content (AvgIpc) is 2.66. The minimum Gasteiger partial charge on any atom is -0.354 e. The highest BCUT2D eigenvalue weighted by atomic mass is 32.2. The fraction of sp³-hybridized carbons (Fsp3) is 0.579. The quantitative estimate of drug-likeness (QED) is 0.736. The van der Waals surface area contributed by atoms with E-state index in [9.17, 15) is 18.0 Å². The highest BCUT2D eigenvalue weighted by molar-refractivity contribution is 7.89. The number of nitrogens with zero attached hydrogens (tertiary/aromatic N) is 1. The van der Waals surface area contributed by atoms with Gasteiger partial charge in [-0.25, -0.2) is 8.42 Å². The minimum atomic E-state index is -3.62. The van der Waals surface area contributed by atoms with E-state index in [1.165, 1.54) is 16.4 Å². The predicted molar refractivity (Wildman–Crippen MR) is 104 cm³/mol. The number of piperidine rings is 1. The first-order valence-corrected chi connectivity index (χ1v) is 10.9. The molecule has 0 radical (unpaired) electrons. The molecular weight excluding hydrogens is 366 g/mol. The third-order valence-electron chi connectivity index (χ3n) is 4.70. The van der Waals surface area contributed by atoms with Crippen LogP contribution in [0.2, 0.25) is 0 Å². The molecule has 150 valence electrons. The molecule has 1 atom stereocenters. The first-order valence-electron chi connectivity index (χ1n) is 9.46. The van der Waals surface area contributed by atoms with Crippen LogP contribution in [0.25, 0.3) is 0 Å². The Kier molecular flexibility index (Phi) is 7.38. The molecule has 0 saturated carbocycles. The topological polar surface area (TPSA) is 95.6 Å². The Bertz CT molecular complexity index is 786. The van der Waals surface area contributed by atoms with Crippen molar-refractivity contribution in [1.29, 1.82) is 0 Å². The second-order valence-electron chi connectivity index (χ2n) is 6.93. The number of carbonyl (C=O) groups is 2. The van der Waals surface area contributed by atoms with Gasteiger partial charge in [-0.2, -0.15) is 4.31 Å². The highest BCUT2D eigenvalue weighted by Gasteiger charge is 2.27. The zero-order valence-electron chi connectivity index (χ0n) is 16.2. The van der Waals surface area contributed by atoms with Crippen molar-refractivity contribution < 1.29 is 18.0 Å². The summed E-state index contributed by atoms with van der Waals surface area (Å²) in [4.78, 5) is 24.7. The largest absolute Gasteiger partial charge is 0.354 e. The molecule has 0 unspecified atom stereocenters. The molecule has 1 aliphatic heterocycles. The number of benzene rings is 1. The summed E-state index contributed by atoms with van der Waals surface area (Å²) in [6.45, 7) is 6.85. The number of hydrogen-bond acceptors (Lipinski definition) is 4. The van der Waals surface area contributed by atoms with Gasteiger partial charge in [0.05, 0.1) is 4.90 Å². The molecule has 7 nitrogen and oxygen atoms in total. The summed E-state index contributed by atoms with van der Waals surface area (Å²) in [5.41, 5.74) is 0.925. The van der Waals surface area contributed by atoms with E-state index >= 15 is 0 Å². The Morgan fingerprint density at radius 1 is 1.19 bits per heavy atom. The molecule has 1 saturated heterocycles. The van der Waals surface area contributed by atoms with Crippen LogP contribution in [-0.2, 0) is 14.8 Å². The third kappa shape index (κ3) is 5.29. The summed E-state index contributed by atoms with van der Waals surface area (Å²) in [5, 5.41) is 5.37. The van der Waals surface area contributed by atoms with Crippen molar-refractivity contribution in [2.45, 2.75) is 57.4 Å². The summed E-state index contributed by atoms with van der Waals surface area (Å²) in [6.07, 6.45) is 3.54. The molecule has 1 aromatic carbocycles. The predicted octanol–water partition coefficient (Wildman–Crippen LogP) is 1.81. The molecule has 2 rings (SSSR count). The van der Waals surface area contributed by atoms with Crippen LogP contribution in [0.3, 0.4) is 0 Å². The number of rotatable bonds is 7. The number of nitrogens with one attached hydrogen (secondary N) is 2. The zero-order valence-corrected chi connectivity index (χ0v) is 17.1. The molecule has 0 aromatic heterocycles. The smallest absolute Gasteiger partial charge is 0.252 e. The second-order valence-corrected chi connectivity index (χ2v) is 8.87. The molecule has 1 aliphatic rings. The van der Waals surface area contributed by atoms with Crippen LogP contribution in [0.1, 0.15) is 55.5 Å². The minimum absolute atomic E-state index is 0.114. The van der Waals surface area contributed by atoms with Crippen molar-refractivity contribution in [2.24, 2.45) is 0 Å². The van der Waals surface area contributed by atoms with Crippen molar-refractivity contribution in [1.82, 2.24) is 14.9 Å². The Balaban J connectivity index is 2.19. The molecule has 1 fully saturated rings. The summed E-state index contributed by atoms with van der Waals surface area (Å²) < 4.78 is 27.2. The van der Waals surface area contributed by atoms with Crippen molar-refractivity contribution in [3.05, 3.63) is 29.3 Å². The fourth-order valence-corrected chi connectivity index (χ4v) is 4.55. The van der Waals surface area contributed by atoms with E-state index in [4.69, 9.17) is 0 Å². The van der Waals surface area contributed by atoms with Gasteiger partial charge in [0.25, 0.3) is 5.91 Å². The van der Waals surface area contributed by atoms with Crippen molar-refractivity contribution in [3.8, 4) is 0 Å². The van der Waals surface area contributed by atoms with Crippen LogP contribution < -0.4 is 10.6 Å². The van der Waals surface area contributed by atoms with Crippen LogP contribution in [-0.4, -0.2) is 50.2 Å². The van der Waals surface area contributed by atoms with Gasteiger partial charge in [0, 0.05) is 25.2 Å². The van der Waals surface area contributed by atoms with Crippen LogP contribution in [0, 0.1) is 6.92 Å². The molecule has 27 heavy (non-hydrogen) atoms. The maximum Gasteiger partial charge on any atom is 0.252 e. The van der Waals surface area contributed by atoms with Gasteiger partial charge in [0.1, 0.15) is 6.04 Å². The van der Waals surface area contributed by atoms with Gasteiger partial charge in [0.2, 0.25) is 15.9 Å². The summed E-state index contributed by atoms with van der Waals surface area (Å²) in [5.74, 6) is -0.720. The SMILES string of the molecule is CCCNC(=O)[C@@H](C)NC(=O)c1cc(S(=O)(=O)N2CCCCC2)ccc1C. The van der Waals surface area contributed by atoms with E-state index in [1.54, 1.807) is 19.9 Å². The Labute approximate surface area is 161 Å². The first kappa shape index (κ1) is 21.4. The van der Waals surface area contributed by atoms with Gasteiger partial charge in [-0.05, 0) is 50.8 Å². The van der Waals surface area contributed by atoms with E-state index in [0.717, 1.165) is 25.7 Å². The van der Waals surface area contributed by atoms with E-state index in [1.807, 2.05) is 6.92 Å². The van der Waals surface area contributed by atoms with E-state index in [2.05, 4.69) is 10.6 Å². The van der Waals surface area contributed by atoms with Gasteiger partial charge in [-0.3, -0.25) is 9.59 Å². The fourth-order valence-electron chi connectivity index (χ4n) is 3.00. The molecule has 2 N–H and O–H groups in total. The van der Waals surface area contributed by atoms with Crippen LogP contribution >= 0.6 is 0 Å². The number of hydrogen-bond donors (Lipinski definition) is 2. The van der Waals surface area contributed by atoms with Crippen molar-refractivity contribution >= 4 is 21.8 Å². The highest BCUT2D eigenvalue weighted by Crippen LogP contribution is 2.23. The standard InChI is InChI=1S/C19H29N3O4S/c1-4-10-20-18(23)15(3)21-19(24)17-13-16(9-8-14(17)2)27(25,26)22-11-6-5-7-12-22/h8-9,13,15H,4-7,10-12H2,1-3H3,(H,20,23)(H,21,24)/t15-/m1/s1. The first-order chi connectivity index (χ1) is 12.8. The monoisotopic (exact) mass is 395 g/mol. The zero-order chi connectivity index (χ0) is 20.0. The maximum atomic E-state index is 12.9. The summed E-state index contributed by atoms with van der Waals surface area (Å²) >= 11 is 0. The lowest BCUT2D eigenvalue weighted by atomic mass is 10.1. The number of sulfonamides is 1. The lowest BCUT2D eigenvalue weighted by Crippen LogP contribution is -2.45. The lowest BCUT2D eigenvalue weighted by molar-refractivity contribution is -0.122. The van der Waals surface area contributed by atoms with Gasteiger partial charge in [-0.15, -0.1) is 0 Å². The molecule has 0 aliphatic carbocycles. The summed E-state index contributed by atoms with van der Waals surface area (Å²) in [7, 11) is -3.62. The Morgan fingerprint density at radius 2 is 1.85 bits per heavy atom. The second kappa shape index (κ2) is 9.32. The molecule has 0 spiro atoms. The Morgan fingerprint density at radius 3 is 2.48 bits per heavy atom. The van der Waals surface area contributed by atoms with Gasteiger partial charge < -0.3 is 10.6 Å². The molecule has 1 aromatic rings. The molecule has 8 heteroatoms. The normalized spacial score (nSPS) is 16.6. The van der Waals surface area contributed by atoms with E-state index < -0.39 is 22.0 Å². The van der Waals surface area contributed by atoms with Crippen molar-refractivity contribution in [2.75, 3.05) is 19.6 Å². The average molecular weight is 396 g/mol. The van der Waals surface area contributed by atoms with Crippen LogP contribution in [0.4, 0.5) is 0 Å². The Hall–Kier alpha value is -1.93. The van der Waals surface area contributed by atoms with Crippen LogP contribution in [0.5, 0.6) is 0 Å². The van der Waals surface area contributed by atoms with Gasteiger partial charge in [0.15, 0.2) is 0 Å². The number of amides is 2. The summed E-state index contributed by atoms with van der Waals surface area (Å²) in [6, 6.07) is 3.87. The maximum absolute atomic E-state index is 12.9. The number of aryl methyl sites for hydroxylation is 1. The molecule has 1 heterocycles.